The van der Waals surface area contributed by atoms with Crippen LogP contribution in [0, 0.1) is 12.3 Å². The molecule has 0 spiro atoms. The van der Waals surface area contributed by atoms with E-state index in [1.165, 1.54) is 0 Å². The Morgan fingerprint density at radius 3 is 2.36 bits per heavy atom. The third-order valence-corrected chi connectivity index (χ3v) is 7.06. The average Bonchev–Trinajstić information content (AvgIpc) is 2.74. The van der Waals surface area contributed by atoms with E-state index in [1.807, 2.05) is 56.3 Å². The van der Waals surface area contributed by atoms with Crippen molar-refractivity contribution in [3.63, 3.8) is 0 Å². The fraction of sp³-hybridized carbons (Fsp3) is 0.407. The Morgan fingerprint density at radius 1 is 1.09 bits per heavy atom. The number of allylic oxidation sites excluding steroid dienone is 2. The quantitative estimate of drug-likeness (QED) is 0.564. The van der Waals surface area contributed by atoms with Crippen LogP contribution in [0.25, 0.3) is 0 Å². The van der Waals surface area contributed by atoms with Gasteiger partial charge in [-0.05, 0) is 48.1 Å². The van der Waals surface area contributed by atoms with Crippen molar-refractivity contribution >= 4 is 34.7 Å². The van der Waals surface area contributed by atoms with Crippen molar-refractivity contribution < 1.29 is 14.3 Å². The van der Waals surface area contributed by atoms with Crippen LogP contribution in [0.15, 0.2) is 47.7 Å². The van der Waals surface area contributed by atoms with Gasteiger partial charge in [-0.3, -0.25) is 14.5 Å². The average molecular weight is 467 g/mol. The highest BCUT2D eigenvalue weighted by atomic mass is 35.5. The summed E-state index contributed by atoms with van der Waals surface area (Å²) in [4.78, 5) is 30.9. The third kappa shape index (κ3) is 4.26. The van der Waals surface area contributed by atoms with Crippen molar-refractivity contribution in [3.05, 3.63) is 63.8 Å². The zero-order valence-corrected chi connectivity index (χ0v) is 20.9. The first-order valence-corrected chi connectivity index (χ1v) is 11.6. The third-order valence-electron chi connectivity index (χ3n) is 6.66. The van der Waals surface area contributed by atoms with E-state index in [2.05, 4.69) is 13.8 Å². The van der Waals surface area contributed by atoms with E-state index in [9.17, 15) is 9.59 Å². The van der Waals surface area contributed by atoms with Gasteiger partial charge in [-0.2, -0.15) is 0 Å². The number of ether oxygens (including phenoxy) is 1. The van der Waals surface area contributed by atoms with Gasteiger partial charge in [0.1, 0.15) is 5.75 Å². The van der Waals surface area contributed by atoms with E-state index >= 15 is 0 Å². The highest BCUT2D eigenvalue weighted by Crippen LogP contribution is 2.50. The lowest BCUT2D eigenvalue weighted by molar-refractivity contribution is -0.121. The summed E-state index contributed by atoms with van der Waals surface area (Å²) in [6.45, 7) is 6.06. The molecule has 1 atom stereocenters. The molecule has 0 fully saturated rings. The monoisotopic (exact) mass is 466 g/mol. The molecule has 2 aliphatic rings. The second-order valence-corrected chi connectivity index (χ2v) is 10.5. The molecule has 0 saturated heterocycles. The lowest BCUT2D eigenvalue weighted by Gasteiger charge is -2.43. The molecular formula is C27H31ClN2O3. The molecule has 0 saturated carbocycles. The first-order valence-electron chi connectivity index (χ1n) is 11.2. The van der Waals surface area contributed by atoms with Gasteiger partial charge in [0.25, 0.3) is 0 Å². The topological polar surface area (TPSA) is 49.9 Å². The molecule has 4 rings (SSSR count). The Kier molecular flexibility index (Phi) is 6.04. The number of benzene rings is 2. The van der Waals surface area contributed by atoms with Crippen molar-refractivity contribution in [2.45, 2.75) is 46.0 Å². The van der Waals surface area contributed by atoms with Gasteiger partial charge >= 0.3 is 0 Å². The predicted octanol–water partition coefficient (Wildman–Crippen LogP) is 5.89. The Bertz CT molecular complexity index is 1150. The van der Waals surface area contributed by atoms with E-state index in [4.69, 9.17) is 16.3 Å². The van der Waals surface area contributed by atoms with Crippen molar-refractivity contribution in [2.75, 3.05) is 31.0 Å². The number of aryl methyl sites for hydroxylation is 1. The lowest BCUT2D eigenvalue weighted by Crippen LogP contribution is -2.43. The Morgan fingerprint density at radius 2 is 1.76 bits per heavy atom. The Labute approximate surface area is 201 Å². The SMILES string of the molecule is COc1cc(Cl)c(C)cc1N1C(=O)CC(c2ccc(N(C)C)cc2)C2=C1CC(C)(C)CC2=O. The summed E-state index contributed by atoms with van der Waals surface area (Å²) < 4.78 is 5.60. The van der Waals surface area contributed by atoms with E-state index in [0.29, 0.717) is 29.3 Å². The van der Waals surface area contributed by atoms with Crippen LogP contribution in [0.3, 0.4) is 0 Å². The molecule has 33 heavy (non-hydrogen) atoms. The van der Waals surface area contributed by atoms with Crippen molar-refractivity contribution in [2.24, 2.45) is 5.41 Å². The maximum Gasteiger partial charge on any atom is 0.232 e. The van der Waals surface area contributed by atoms with Gasteiger partial charge in [-0.1, -0.05) is 37.6 Å². The number of halogens is 1. The van der Waals surface area contributed by atoms with E-state index in [1.54, 1.807) is 18.1 Å². The first-order chi connectivity index (χ1) is 15.5. The zero-order valence-electron chi connectivity index (χ0n) is 20.2. The highest BCUT2D eigenvalue weighted by Gasteiger charge is 2.45. The molecule has 174 valence electrons. The maximum absolute atomic E-state index is 13.7. The molecule has 6 heteroatoms. The van der Waals surface area contributed by atoms with Crippen LogP contribution in [-0.2, 0) is 9.59 Å². The summed E-state index contributed by atoms with van der Waals surface area (Å²) in [7, 11) is 5.55. The summed E-state index contributed by atoms with van der Waals surface area (Å²) in [6.07, 6.45) is 1.34. The fourth-order valence-corrected chi connectivity index (χ4v) is 5.12. The molecule has 2 aromatic carbocycles. The summed E-state index contributed by atoms with van der Waals surface area (Å²) in [5.41, 5.74) is 4.87. The second-order valence-electron chi connectivity index (χ2n) is 10.0. The molecule has 1 heterocycles. The van der Waals surface area contributed by atoms with Crippen LogP contribution in [0.5, 0.6) is 5.75 Å². The van der Waals surface area contributed by atoms with Crippen LogP contribution < -0.4 is 14.5 Å². The minimum absolute atomic E-state index is 0.0408. The summed E-state index contributed by atoms with van der Waals surface area (Å²) >= 11 is 6.33. The maximum atomic E-state index is 13.7. The summed E-state index contributed by atoms with van der Waals surface area (Å²) in [5, 5.41) is 0.577. The van der Waals surface area contributed by atoms with Gasteiger partial charge in [0.2, 0.25) is 5.91 Å². The molecule has 1 amide bonds. The number of anilines is 2. The van der Waals surface area contributed by atoms with E-state index in [-0.39, 0.29) is 29.4 Å². The molecule has 0 N–H and O–H groups in total. The number of rotatable bonds is 4. The minimum Gasteiger partial charge on any atom is -0.495 e. The summed E-state index contributed by atoms with van der Waals surface area (Å²) in [5.74, 6) is 0.351. The number of ketones is 1. The van der Waals surface area contributed by atoms with Crippen molar-refractivity contribution in [1.82, 2.24) is 0 Å². The van der Waals surface area contributed by atoms with Crippen LogP contribution in [-0.4, -0.2) is 32.9 Å². The van der Waals surface area contributed by atoms with Gasteiger partial charge in [0.15, 0.2) is 5.78 Å². The number of Topliss-reactive ketones (excluding diaryl/α,β-unsaturated/α-hetero) is 1. The lowest BCUT2D eigenvalue weighted by atomic mass is 9.69. The van der Waals surface area contributed by atoms with Crippen LogP contribution >= 0.6 is 11.6 Å². The molecule has 0 radical (unpaired) electrons. The Balaban J connectivity index is 1.90. The van der Waals surface area contributed by atoms with Gasteiger partial charge in [-0.15, -0.1) is 0 Å². The number of hydrogen-bond donors (Lipinski definition) is 0. The van der Waals surface area contributed by atoms with Crippen LogP contribution in [0.4, 0.5) is 11.4 Å². The van der Waals surface area contributed by atoms with Crippen molar-refractivity contribution in [3.8, 4) is 5.75 Å². The van der Waals surface area contributed by atoms with E-state index < -0.39 is 0 Å². The first kappa shape index (κ1) is 23.4. The molecule has 5 nitrogen and oxygen atoms in total. The normalized spacial score (nSPS) is 20.1. The number of nitrogens with zero attached hydrogens (tertiary/aromatic N) is 2. The van der Waals surface area contributed by atoms with Gasteiger partial charge in [0, 0.05) is 60.9 Å². The number of methoxy groups -OCH3 is 1. The Hall–Kier alpha value is -2.79. The molecule has 1 aliphatic heterocycles. The van der Waals surface area contributed by atoms with Crippen molar-refractivity contribution in [1.29, 1.82) is 0 Å². The number of carbonyl (C=O) groups excluding carboxylic acids is 2. The van der Waals surface area contributed by atoms with Crippen LogP contribution in [0.2, 0.25) is 5.02 Å². The second kappa shape index (κ2) is 8.53. The molecular weight excluding hydrogens is 436 g/mol. The molecule has 0 aromatic heterocycles. The fourth-order valence-electron chi connectivity index (χ4n) is 4.97. The number of amides is 1. The number of hydrogen-bond acceptors (Lipinski definition) is 4. The number of carbonyl (C=O) groups is 2. The largest absolute Gasteiger partial charge is 0.495 e. The molecule has 0 bridgehead atoms. The minimum atomic E-state index is -0.247. The predicted molar refractivity (Wildman–Crippen MR) is 133 cm³/mol. The van der Waals surface area contributed by atoms with E-state index in [0.717, 1.165) is 28.1 Å². The van der Waals surface area contributed by atoms with Gasteiger partial charge in [-0.25, -0.2) is 0 Å². The zero-order chi connectivity index (χ0) is 24.1. The molecule has 2 aromatic rings. The standard InChI is InChI=1S/C27H31ClN2O3/c1-16-11-21(24(33-6)13-20(16)28)30-22-14-27(2,3)15-23(31)26(22)19(12-25(30)32)17-7-9-18(10-8-17)29(4)5/h7-11,13,19H,12,14-15H2,1-6H3. The molecule has 1 aliphatic carbocycles. The van der Waals surface area contributed by atoms with Crippen LogP contribution in [0.1, 0.15) is 50.2 Å². The summed E-state index contributed by atoms with van der Waals surface area (Å²) in [6, 6.07) is 11.8. The highest BCUT2D eigenvalue weighted by molar-refractivity contribution is 6.31. The van der Waals surface area contributed by atoms with Gasteiger partial charge < -0.3 is 9.64 Å². The molecule has 1 unspecified atom stereocenters. The van der Waals surface area contributed by atoms with Gasteiger partial charge in [0.05, 0.1) is 12.8 Å². The smallest absolute Gasteiger partial charge is 0.232 e.